The molecule has 3 N–H and O–H groups in total. The van der Waals surface area contributed by atoms with Gasteiger partial charge in [-0.2, -0.15) is 0 Å². The summed E-state index contributed by atoms with van der Waals surface area (Å²) in [5, 5.41) is 6.54. The van der Waals surface area contributed by atoms with Gasteiger partial charge in [0.25, 0.3) is 0 Å². The Balaban J connectivity index is 2.14. The number of anilines is 2. The lowest BCUT2D eigenvalue weighted by Gasteiger charge is -2.08. The van der Waals surface area contributed by atoms with Gasteiger partial charge in [-0.05, 0) is 13.0 Å². The first-order valence-electron chi connectivity index (χ1n) is 4.97. The van der Waals surface area contributed by atoms with Crippen LogP contribution in [-0.4, -0.2) is 5.16 Å². The van der Waals surface area contributed by atoms with Crippen molar-refractivity contribution in [2.24, 2.45) is 0 Å². The summed E-state index contributed by atoms with van der Waals surface area (Å²) in [6.07, 6.45) is 0. The lowest BCUT2D eigenvalue weighted by molar-refractivity contribution is 0.391. The maximum absolute atomic E-state index is 13.1. The Morgan fingerprint density at radius 2 is 2.12 bits per heavy atom. The minimum Gasteiger partial charge on any atom is -0.395 e. The molecule has 0 amide bonds. The minimum atomic E-state index is -0.788. The van der Waals surface area contributed by atoms with Crippen LogP contribution >= 0.6 is 0 Å². The molecule has 90 valence electrons. The van der Waals surface area contributed by atoms with Crippen molar-refractivity contribution in [3.63, 3.8) is 0 Å². The van der Waals surface area contributed by atoms with Crippen LogP contribution < -0.4 is 11.1 Å². The number of halogens is 2. The van der Waals surface area contributed by atoms with Crippen molar-refractivity contribution >= 4 is 11.4 Å². The van der Waals surface area contributed by atoms with Gasteiger partial charge in [0.15, 0.2) is 5.82 Å². The Morgan fingerprint density at radius 1 is 1.35 bits per heavy atom. The maximum atomic E-state index is 13.1. The second kappa shape index (κ2) is 4.40. The van der Waals surface area contributed by atoms with E-state index < -0.39 is 11.6 Å². The highest BCUT2D eigenvalue weighted by molar-refractivity contribution is 5.66. The molecule has 6 heteroatoms. The van der Waals surface area contributed by atoms with E-state index in [1.807, 2.05) is 0 Å². The summed E-state index contributed by atoms with van der Waals surface area (Å²) in [5.74, 6) is -0.806. The third-order valence-electron chi connectivity index (χ3n) is 2.23. The molecule has 2 rings (SSSR count). The predicted molar refractivity (Wildman–Crippen MR) is 59.3 cm³/mol. The number of rotatable bonds is 3. The van der Waals surface area contributed by atoms with E-state index in [1.54, 1.807) is 13.0 Å². The first-order valence-corrected chi connectivity index (χ1v) is 4.97. The fraction of sp³-hybridized carbons (Fsp3) is 0.182. The molecule has 1 aromatic carbocycles. The minimum absolute atomic E-state index is 0.119. The van der Waals surface area contributed by atoms with Crippen LogP contribution in [0, 0.1) is 18.6 Å². The molecule has 4 nitrogen and oxygen atoms in total. The second-order valence-corrected chi connectivity index (χ2v) is 3.63. The highest BCUT2D eigenvalue weighted by atomic mass is 19.1. The topological polar surface area (TPSA) is 64.1 Å². The van der Waals surface area contributed by atoms with Crippen LogP contribution in [0.1, 0.15) is 11.5 Å². The Kier molecular flexibility index (Phi) is 2.95. The molecule has 2 aromatic rings. The summed E-state index contributed by atoms with van der Waals surface area (Å²) in [5.41, 5.74) is 6.18. The van der Waals surface area contributed by atoms with Gasteiger partial charge in [-0.1, -0.05) is 5.16 Å². The molecule has 0 aliphatic heterocycles. The maximum Gasteiger partial charge on any atom is 0.151 e. The molecule has 0 bridgehead atoms. The SMILES string of the molecule is Cc1cc(CNc2cc(F)cc(F)c2N)no1. The lowest BCUT2D eigenvalue weighted by Crippen LogP contribution is -2.05. The largest absolute Gasteiger partial charge is 0.395 e. The lowest BCUT2D eigenvalue weighted by atomic mass is 10.2. The van der Waals surface area contributed by atoms with Gasteiger partial charge in [0, 0.05) is 12.1 Å². The van der Waals surface area contributed by atoms with Gasteiger partial charge in [-0.3, -0.25) is 0 Å². The van der Waals surface area contributed by atoms with Crippen molar-refractivity contribution in [1.82, 2.24) is 5.16 Å². The number of aromatic nitrogens is 1. The molecule has 0 fully saturated rings. The summed E-state index contributed by atoms with van der Waals surface area (Å²) in [6, 6.07) is 3.59. The number of hydrogen-bond donors (Lipinski definition) is 2. The van der Waals surface area contributed by atoms with Gasteiger partial charge < -0.3 is 15.6 Å². The van der Waals surface area contributed by atoms with Crippen molar-refractivity contribution in [2.45, 2.75) is 13.5 Å². The van der Waals surface area contributed by atoms with Crippen LogP contribution in [0.3, 0.4) is 0 Å². The first-order chi connectivity index (χ1) is 8.06. The fourth-order valence-electron chi connectivity index (χ4n) is 1.42. The van der Waals surface area contributed by atoms with Gasteiger partial charge in [-0.25, -0.2) is 8.78 Å². The normalized spacial score (nSPS) is 10.5. The van der Waals surface area contributed by atoms with Crippen molar-refractivity contribution in [3.05, 3.63) is 41.3 Å². The number of hydrogen-bond acceptors (Lipinski definition) is 4. The van der Waals surface area contributed by atoms with Gasteiger partial charge >= 0.3 is 0 Å². The fourth-order valence-corrected chi connectivity index (χ4v) is 1.42. The summed E-state index contributed by atoms with van der Waals surface area (Å²) >= 11 is 0. The van der Waals surface area contributed by atoms with Gasteiger partial charge in [0.05, 0.1) is 17.9 Å². The molecule has 0 aliphatic carbocycles. The van der Waals surface area contributed by atoms with E-state index in [2.05, 4.69) is 10.5 Å². The molecule has 17 heavy (non-hydrogen) atoms. The van der Waals surface area contributed by atoms with E-state index in [-0.39, 0.29) is 17.9 Å². The van der Waals surface area contributed by atoms with Crippen molar-refractivity contribution < 1.29 is 13.3 Å². The summed E-state index contributed by atoms with van der Waals surface area (Å²) < 4.78 is 31.0. The van der Waals surface area contributed by atoms with Gasteiger partial charge in [0.2, 0.25) is 0 Å². The summed E-state index contributed by atoms with van der Waals surface area (Å²) in [4.78, 5) is 0. The number of nitrogens with two attached hydrogens (primary N) is 1. The molecule has 0 spiro atoms. The quantitative estimate of drug-likeness (QED) is 0.807. The number of nitrogen functional groups attached to an aromatic ring is 1. The zero-order chi connectivity index (χ0) is 12.4. The highest BCUT2D eigenvalue weighted by Gasteiger charge is 2.08. The van der Waals surface area contributed by atoms with E-state index in [1.165, 1.54) is 0 Å². The molecule has 0 atom stereocenters. The van der Waals surface area contributed by atoms with Crippen molar-refractivity contribution in [3.8, 4) is 0 Å². The van der Waals surface area contributed by atoms with Crippen LogP contribution in [0.2, 0.25) is 0 Å². The van der Waals surface area contributed by atoms with Gasteiger partial charge in [-0.15, -0.1) is 0 Å². The zero-order valence-electron chi connectivity index (χ0n) is 9.13. The van der Waals surface area contributed by atoms with Crippen molar-refractivity contribution in [2.75, 3.05) is 11.1 Å². The smallest absolute Gasteiger partial charge is 0.151 e. The molecule has 0 unspecified atom stereocenters. The van der Waals surface area contributed by atoms with Crippen LogP contribution in [0.15, 0.2) is 22.7 Å². The standard InChI is InChI=1S/C11H11F2N3O/c1-6-2-8(16-17-6)5-15-10-4-7(12)3-9(13)11(10)14/h2-4,15H,5,14H2,1H3. The Labute approximate surface area is 96.4 Å². The van der Waals surface area contributed by atoms with Crippen LogP contribution in [0.5, 0.6) is 0 Å². The third kappa shape index (κ3) is 2.52. The highest BCUT2D eigenvalue weighted by Crippen LogP contribution is 2.23. The Morgan fingerprint density at radius 3 is 2.76 bits per heavy atom. The van der Waals surface area contributed by atoms with Crippen LogP contribution in [-0.2, 0) is 6.54 Å². The third-order valence-corrected chi connectivity index (χ3v) is 2.23. The number of aryl methyl sites for hydroxylation is 1. The van der Waals surface area contributed by atoms with E-state index in [4.69, 9.17) is 10.3 Å². The van der Waals surface area contributed by atoms with E-state index >= 15 is 0 Å². The molecular weight excluding hydrogens is 228 g/mol. The Bertz CT molecular complexity index is 540. The van der Waals surface area contributed by atoms with E-state index in [0.29, 0.717) is 11.5 Å². The molecule has 1 heterocycles. The Hall–Kier alpha value is -2.11. The predicted octanol–water partition coefficient (Wildman–Crippen LogP) is 2.46. The summed E-state index contributed by atoms with van der Waals surface area (Å²) in [6.45, 7) is 2.04. The monoisotopic (exact) mass is 239 g/mol. The van der Waals surface area contributed by atoms with Crippen LogP contribution in [0.4, 0.5) is 20.2 Å². The zero-order valence-corrected chi connectivity index (χ0v) is 9.13. The molecule has 0 aliphatic rings. The molecule has 1 aromatic heterocycles. The van der Waals surface area contributed by atoms with E-state index in [9.17, 15) is 8.78 Å². The molecule has 0 radical (unpaired) electrons. The van der Waals surface area contributed by atoms with Crippen LogP contribution in [0.25, 0.3) is 0 Å². The average Bonchev–Trinajstić information content (AvgIpc) is 2.67. The summed E-state index contributed by atoms with van der Waals surface area (Å²) in [7, 11) is 0. The molecular formula is C11H11F2N3O. The number of nitrogens with one attached hydrogen (secondary N) is 1. The number of benzene rings is 1. The first kappa shape index (κ1) is 11.4. The average molecular weight is 239 g/mol. The second-order valence-electron chi connectivity index (χ2n) is 3.63. The molecule has 0 saturated carbocycles. The molecule has 0 saturated heterocycles. The number of nitrogens with zero attached hydrogens (tertiary/aromatic N) is 1. The van der Waals surface area contributed by atoms with Gasteiger partial charge in [0.1, 0.15) is 17.3 Å². The van der Waals surface area contributed by atoms with Crippen molar-refractivity contribution in [1.29, 1.82) is 0 Å². The van der Waals surface area contributed by atoms with E-state index in [0.717, 1.165) is 12.1 Å².